The van der Waals surface area contributed by atoms with Crippen LogP contribution in [0.15, 0.2) is 12.1 Å². The highest BCUT2D eigenvalue weighted by atomic mass is 16.1. The molecule has 0 saturated heterocycles. The Morgan fingerprint density at radius 1 is 1.38 bits per heavy atom. The zero-order valence-electron chi connectivity index (χ0n) is 9.36. The van der Waals surface area contributed by atoms with Crippen molar-refractivity contribution < 1.29 is 4.79 Å². The molecule has 1 rings (SSSR count). The van der Waals surface area contributed by atoms with E-state index in [0.29, 0.717) is 24.6 Å². The van der Waals surface area contributed by atoms with E-state index < -0.39 is 0 Å². The number of aromatic nitrogens is 2. The maximum atomic E-state index is 11.2. The van der Waals surface area contributed by atoms with Crippen LogP contribution in [0, 0.1) is 0 Å². The van der Waals surface area contributed by atoms with Crippen molar-refractivity contribution in [1.82, 2.24) is 15.5 Å². The summed E-state index contributed by atoms with van der Waals surface area (Å²) < 4.78 is 0. The Bertz CT molecular complexity index is 324. The van der Waals surface area contributed by atoms with Gasteiger partial charge in [-0.2, -0.15) is 0 Å². The molecular weight excluding hydrogens is 206 g/mol. The van der Waals surface area contributed by atoms with Gasteiger partial charge in [0.15, 0.2) is 0 Å². The van der Waals surface area contributed by atoms with Crippen molar-refractivity contribution in [2.24, 2.45) is 0 Å². The van der Waals surface area contributed by atoms with Gasteiger partial charge in [0.25, 0.3) is 0 Å². The first-order chi connectivity index (χ1) is 7.72. The average Bonchev–Trinajstić information content (AvgIpc) is 2.29. The number of nitrogen functional groups attached to an aromatic ring is 1. The van der Waals surface area contributed by atoms with Gasteiger partial charge in [0, 0.05) is 19.5 Å². The lowest BCUT2D eigenvalue weighted by Gasteiger charge is -2.05. The van der Waals surface area contributed by atoms with Crippen LogP contribution >= 0.6 is 0 Å². The standard InChI is InChI=1S/C10H17N5O/c1-2-6-13-10(16)5-7-12-9-4-3-8(11)14-15-9/h3-4H,2,5-7H2,1H3,(H2,11,14)(H,12,15)(H,13,16). The summed E-state index contributed by atoms with van der Waals surface area (Å²) >= 11 is 0. The van der Waals surface area contributed by atoms with E-state index in [1.54, 1.807) is 12.1 Å². The number of nitrogens with two attached hydrogens (primary N) is 1. The molecule has 0 saturated carbocycles. The van der Waals surface area contributed by atoms with Crippen LogP contribution in [-0.4, -0.2) is 29.2 Å². The van der Waals surface area contributed by atoms with E-state index in [1.165, 1.54) is 0 Å². The quantitative estimate of drug-likeness (QED) is 0.648. The van der Waals surface area contributed by atoms with Crippen molar-refractivity contribution >= 4 is 17.5 Å². The third kappa shape index (κ3) is 4.59. The molecule has 4 N–H and O–H groups in total. The van der Waals surface area contributed by atoms with Crippen molar-refractivity contribution in [2.75, 3.05) is 24.1 Å². The van der Waals surface area contributed by atoms with E-state index in [9.17, 15) is 4.79 Å². The first-order valence-corrected chi connectivity index (χ1v) is 5.32. The number of carbonyl (C=O) groups excluding carboxylic acids is 1. The molecule has 16 heavy (non-hydrogen) atoms. The molecule has 0 radical (unpaired) electrons. The van der Waals surface area contributed by atoms with Gasteiger partial charge < -0.3 is 16.4 Å². The van der Waals surface area contributed by atoms with E-state index in [4.69, 9.17) is 5.73 Å². The van der Waals surface area contributed by atoms with E-state index >= 15 is 0 Å². The van der Waals surface area contributed by atoms with Gasteiger partial charge in [0.05, 0.1) is 0 Å². The zero-order chi connectivity index (χ0) is 11.8. The lowest BCUT2D eigenvalue weighted by atomic mass is 10.3. The fourth-order valence-corrected chi connectivity index (χ4v) is 1.09. The number of hydrogen-bond acceptors (Lipinski definition) is 5. The summed E-state index contributed by atoms with van der Waals surface area (Å²) in [5.41, 5.74) is 5.39. The molecule has 0 aliphatic carbocycles. The monoisotopic (exact) mass is 223 g/mol. The number of amides is 1. The Kier molecular flexibility index (Phi) is 5.04. The van der Waals surface area contributed by atoms with Crippen molar-refractivity contribution in [2.45, 2.75) is 19.8 Å². The lowest BCUT2D eigenvalue weighted by Crippen LogP contribution is -2.26. The topological polar surface area (TPSA) is 92.9 Å². The van der Waals surface area contributed by atoms with E-state index in [0.717, 1.165) is 13.0 Å². The Hall–Kier alpha value is -1.85. The molecule has 88 valence electrons. The minimum atomic E-state index is 0.0396. The molecule has 0 atom stereocenters. The second-order valence-corrected chi connectivity index (χ2v) is 3.37. The predicted molar refractivity (Wildman–Crippen MR) is 62.9 cm³/mol. The molecule has 0 fully saturated rings. The highest BCUT2D eigenvalue weighted by Crippen LogP contribution is 2.01. The number of carbonyl (C=O) groups is 1. The number of hydrogen-bond donors (Lipinski definition) is 3. The fraction of sp³-hybridized carbons (Fsp3) is 0.500. The van der Waals surface area contributed by atoms with Crippen LogP contribution in [0.4, 0.5) is 11.6 Å². The van der Waals surface area contributed by atoms with Crippen molar-refractivity contribution in [3.05, 3.63) is 12.1 Å². The Morgan fingerprint density at radius 2 is 2.19 bits per heavy atom. The molecule has 0 aliphatic heterocycles. The SMILES string of the molecule is CCCNC(=O)CCNc1ccc(N)nn1. The molecule has 1 amide bonds. The fourth-order valence-electron chi connectivity index (χ4n) is 1.09. The Morgan fingerprint density at radius 3 is 2.81 bits per heavy atom. The second kappa shape index (κ2) is 6.60. The smallest absolute Gasteiger partial charge is 0.221 e. The maximum absolute atomic E-state index is 11.2. The van der Waals surface area contributed by atoms with Gasteiger partial charge in [0.1, 0.15) is 11.6 Å². The molecule has 0 unspecified atom stereocenters. The molecular formula is C10H17N5O. The summed E-state index contributed by atoms with van der Waals surface area (Å²) in [6.07, 6.45) is 1.37. The van der Waals surface area contributed by atoms with Crippen LogP contribution in [0.5, 0.6) is 0 Å². The molecule has 1 heterocycles. The normalized spacial score (nSPS) is 9.81. The van der Waals surface area contributed by atoms with Crippen molar-refractivity contribution in [3.8, 4) is 0 Å². The molecule has 0 aliphatic rings. The van der Waals surface area contributed by atoms with Gasteiger partial charge in [-0.25, -0.2) is 0 Å². The summed E-state index contributed by atoms with van der Waals surface area (Å²) in [7, 11) is 0. The van der Waals surface area contributed by atoms with Crippen LogP contribution in [-0.2, 0) is 4.79 Å². The lowest BCUT2D eigenvalue weighted by molar-refractivity contribution is -0.120. The summed E-state index contributed by atoms with van der Waals surface area (Å²) in [5, 5.41) is 13.3. The first-order valence-electron chi connectivity index (χ1n) is 5.32. The van der Waals surface area contributed by atoms with Gasteiger partial charge in [-0.15, -0.1) is 10.2 Å². The van der Waals surface area contributed by atoms with Crippen molar-refractivity contribution in [3.63, 3.8) is 0 Å². The van der Waals surface area contributed by atoms with Gasteiger partial charge in [-0.1, -0.05) is 6.92 Å². The molecule has 6 nitrogen and oxygen atoms in total. The average molecular weight is 223 g/mol. The van der Waals surface area contributed by atoms with Gasteiger partial charge >= 0.3 is 0 Å². The molecule has 6 heteroatoms. The Labute approximate surface area is 94.6 Å². The first kappa shape index (κ1) is 12.2. The second-order valence-electron chi connectivity index (χ2n) is 3.37. The van der Waals surface area contributed by atoms with Crippen LogP contribution in [0.1, 0.15) is 19.8 Å². The van der Waals surface area contributed by atoms with E-state index in [1.807, 2.05) is 6.92 Å². The number of rotatable bonds is 6. The van der Waals surface area contributed by atoms with Gasteiger partial charge in [-0.05, 0) is 18.6 Å². The Balaban J connectivity index is 2.20. The minimum absolute atomic E-state index is 0.0396. The van der Waals surface area contributed by atoms with Crippen molar-refractivity contribution in [1.29, 1.82) is 0 Å². The third-order valence-corrected chi connectivity index (χ3v) is 1.92. The molecule has 0 aromatic carbocycles. The molecule has 1 aromatic heterocycles. The molecule has 0 bridgehead atoms. The van der Waals surface area contributed by atoms with E-state index in [2.05, 4.69) is 20.8 Å². The number of nitrogens with one attached hydrogen (secondary N) is 2. The van der Waals surface area contributed by atoms with Gasteiger partial charge in [0.2, 0.25) is 5.91 Å². The van der Waals surface area contributed by atoms with E-state index in [-0.39, 0.29) is 5.91 Å². The maximum Gasteiger partial charge on any atom is 0.221 e. The minimum Gasteiger partial charge on any atom is -0.382 e. The van der Waals surface area contributed by atoms with Gasteiger partial charge in [-0.3, -0.25) is 4.79 Å². The van der Waals surface area contributed by atoms with Crippen LogP contribution in [0.3, 0.4) is 0 Å². The largest absolute Gasteiger partial charge is 0.382 e. The van der Waals surface area contributed by atoms with Crippen LogP contribution in [0.25, 0.3) is 0 Å². The summed E-state index contributed by atoms with van der Waals surface area (Å²) in [5.74, 6) is 1.04. The van der Waals surface area contributed by atoms with Crippen LogP contribution in [0.2, 0.25) is 0 Å². The molecule has 1 aromatic rings. The number of nitrogens with zero attached hydrogens (tertiary/aromatic N) is 2. The third-order valence-electron chi connectivity index (χ3n) is 1.92. The highest BCUT2D eigenvalue weighted by Gasteiger charge is 2.00. The predicted octanol–water partition coefficient (Wildman–Crippen LogP) is 0.387. The highest BCUT2D eigenvalue weighted by molar-refractivity contribution is 5.76. The zero-order valence-corrected chi connectivity index (χ0v) is 9.36. The molecule has 0 spiro atoms. The summed E-state index contributed by atoms with van der Waals surface area (Å²) in [4.78, 5) is 11.2. The van der Waals surface area contributed by atoms with Crippen LogP contribution < -0.4 is 16.4 Å². The summed E-state index contributed by atoms with van der Waals surface area (Å²) in [6, 6.07) is 3.39. The number of anilines is 2. The summed E-state index contributed by atoms with van der Waals surface area (Å²) in [6.45, 7) is 3.27.